The Morgan fingerprint density at radius 1 is 1.48 bits per heavy atom. The van der Waals surface area contributed by atoms with Crippen LogP contribution in [0.25, 0.3) is 11.3 Å². The maximum atomic E-state index is 11.8. The molecule has 2 rings (SSSR count). The molecule has 0 aliphatic carbocycles. The van der Waals surface area contributed by atoms with E-state index in [2.05, 4.69) is 10.5 Å². The minimum atomic E-state index is -0.300. The molecular weight excluding hydrogens is 313 g/mol. The van der Waals surface area contributed by atoms with Crippen LogP contribution in [0.2, 0.25) is 5.02 Å². The number of benzene rings is 1. The topological polar surface area (TPSA) is 81.1 Å². The first-order valence-electron chi connectivity index (χ1n) is 6.32. The minimum Gasteiger partial charge on any atom is -0.350 e. The van der Waals surface area contributed by atoms with Crippen LogP contribution in [0.1, 0.15) is 23.9 Å². The van der Waals surface area contributed by atoms with Gasteiger partial charge in [-0.05, 0) is 25.5 Å². The van der Waals surface area contributed by atoms with Crippen molar-refractivity contribution in [3.8, 4) is 11.3 Å². The van der Waals surface area contributed by atoms with Crippen LogP contribution in [0, 0.1) is 0 Å². The van der Waals surface area contributed by atoms with E-state index in [4.69, 9.17) is 21.9 Å². The van der Waals surface area contributed by atoms with Crippen molar-refractivity contribution in [3.05, 3.63) is 41.1 Å². The van der Waals surface area contributed by atoms with E-state index < -0.39 is 0 Å². The molecule has 5 nitrogen and oxygen atoms in total. The summed E-state index contributed by atoms with van der Waals surface area (Å²) >= 11 is 5.91. The highest BCUT2D eigenvalue weighted by molar-refractivity contribution is 6.30. The van der Waals surface area contributed by atoms with Gasteiger partial charge in [0.15, 0.2) is 0 Å². The first kappa shape index (κ1) is 17.5. The number of nitrogens with two attached hydrogens (primary N) is 1. The number of halogens is 2. The summed E-state index contributed by atoms with van der Waals surface area (Å²) in [5.41, 5.74) is 6.99. The van der Waals surface area contributed by atoms with Gasteiger partial charge in [-0.3, -0.25) is 4.79 Å². The van der Waals surface area contributed by atoms with Crippen molar-refractivity contribution in [2.24, 2.45) is 5.73 Å². The number of amides is 1. The Morgan fingerprint density at radius 3 is 2.90 bits per heavy atom. The largest absolute Gasteiger partial charge is 0.350 e. The molecule has 0 aliphatic heterocycles. The standard InChI is InChI=1S/C14H16ClN3O2.ClH/c1-9(16)5-6-17-14(19)13-8-12(18-20-13)10-3-2-4-11(15)7-10;/h2-4,7-9H,5-6,16H2,1H3,(H,17,19);1H. The first-order chi connectivity index (χ1) is 9.56. The van der Waals surface area contributed by atoms with Crippen molar-refractivity contribution < 1.29 is 9.32 Å². The number of hydrogen-bond donors (Lipinski definition) is 2. The zero-order valence-electron chi connectivity index (χ0n) is 11.5. The second kappa shape index (κ2) is 8.02. The molecule has 1 unspecified atom stereocenters. The van der Waals surface area contributed by atoms with Crippen molar-refractivity contribution >= 4 is 29.9 Å². The quantitative estimate of drug-likeness (QED) is 0.883. The molecule has 7 heteroatoms. The predicted molar refractivity (Wildman–Crippen MR) is 84.8 cm³/mol. The third-order valence-corrected chi connectivity index (χ3v) is 2.97. The molecule has 0 fully saturated rings. The van der Waals surface area contributed by atoms with Crippen molar-refractivity contribution in [2.45, 2.75) is 19.4 Å². The number of carbonyl (C=O) groups excluding carboxylic acids is 1. The van der Waals surface area contributed by atoms with Gasteiger partial charge < -0.3 is 15.6 Å². The van der Waals surface area contributed by atoms with Crippen LogP contribution in [0.4, 0.5) is 0 Å². The number of nitrogens with one attached hydrogen (secondary N) is 1. The van der Waals surface area contributed by atoms with Gasteiger partial charge in [0, 0.05) is 29.2 Å². The van der Waals surface area contributed by atoms with E-state index in [0.717, 1.165) is 5.56 Å². The van der Waals surface area contributed by atoms with Crippen molar-refractivity contribution in [1.29, 1.82) is 0 Å². The van der Waals surface area contributed by atoms with Crippen LogP contribution in [0.15, 0.2) is 34.9 Å². The molecule has 1 amide bonds. The summed E-state index contributed by atoms with van der Waals surface area (Å²) in [6.45, 7) is 2.39. The van der Waals surface area contributed by atoms with Crippen LogP contribution in [0.3, 0.4) is 0 Å². The van der Waals surface area contributed by atoms with Gasteiger partial charge in [-0.1, -0.05) is 28.9 Å². The monoisotopic (exact) mass is 329 g/mol. The average molecular weight is 330 g/mol. The molecule has 0 saturated carbocycles. The Bertz CT molecular complexity index is 599. The second-order valence-electron chi connectivity index (χ2n) is 4.61. The van der Waals surface area contributed by atoms with Gasteiger partial charge in [0.25, 0.3) is 5.91 Å². The van der Waals surface area contributed by atoms with Gasteiger partial charge in [0.2, 0.25) is 5.76 Å². The van der Waals surface area contributed by atoms with Gasteiger partial charge in [-0.25, -0.2) is 0 Å². The Morgan fingerprint density at radius 2 is 2.24 bits per heavy atom. The molecule has 0 aliphatic rings. The first-order valence-corrected chi connectivity index (χ1v) is 6.70. The summed E-state index contributed by atoms with van der Waals surface area (Å²) in [6, 6.07) is 8.83. The molecule has 0 radical (unpaired) electrons. The maximum Gasteiger partial charge on any atom is 0.289 e. The highest BCUT2D eigenvalue weighted by Gasteiger charge is 2.13. The van der Waals surface area contributed by atoms with Crippen molar-refractivity contribution in [1.82, 2.24) is 10.5 Å². The predicted octanol–water partition coefficient (Wildman–Crippen LogP) is 2.88. The van der Waals surface area contributed by atoms with E-state index in [0.29, 0.717) is 23.7 Å². The molecule has 0 spiro atoms. The lowest BCUT2D eigenvalue weighted by Crippen LogP contribution is -2.28. The SMILES string of the molecule is CC(N)CCNC(=O)c1cc(-c2cccc(Cl)c2)no1.Cl. The molecule has 21 heavy (non-hydrogen) atoms. The van der Waals surface area contributed by atoms with Gasteiger partial charge in [0.05, 0.1) is 0 Å². The Kier molecular flexibility index (Phi) is 6.68. The Hall–Kier alpha value is -1.56. The lowest BCUT2D eigenvalue weighted by Gasteiger charge is -2.04. The zero-order valence-corrected chi connectivity index (χ0v) is 13.1. The van der Waals surface area contributed by atoms with Gasteiger partial charge in [-0.15, -0.1) is 12.4 Å². The van der Waals surface area contributed by atoms with Crippen LogP contribution in [-0.4, -0.2) is 23.7 Å². The molecule has 0 bridgehead atoms. The zero-order chi connectivity index (χ0) is 14.5. The van der Waals surface area contributed by atoms with E-state index in [1.807, 2.05) is 19.1 Å². The third-order valence-electron chi connectivity index (χ3n) is 2.74. The highest BCUT2D eigenvalue weighted by atomic mass is 35.5. The Balaban J connectivity index is 0.00000220. The Labute approximate surface area is 134 Å². The van der Waals surface area contributed by atoms with Crippen molar-refractivity contribution in [2.75, 3.05) is 6.54 Å². The second-order valence-corrected chi connectivity index (χ2v) is 5.05. The minimum absolute atomic E-state index is 0. The normalized spacial score (nSPS) is 11.6. The average Bonchev–Trinajstić information content (AvgIpc) is 2.87. The molecule has 1 atom stereocenters. The molecule has 1 aromatic heterocycles. The number of aromatic nitrogens is 1. The molecular formula is C14H17Cl2N3O2. The van der Waals surface area contributed by atoms with Crippen LogP contribution in [0.5, 0.6) is 0 Å². The van der Waals surface area contributed by atoms with Crippen molar-refractivity contribution in [3.63, 3.8) is 0 Å². The lowest BCUT2D eigenvalue weighted by molar-refractivity contribution is 0.0916. The molecule has 3 N–H and O–H groups in total. The summed E-state index contributed by atoms with van der Waals surface area (Å²) < 4.78 is 5.04. The summed E-state index contributed by atoms with van der Waals surface area (Å²) in [5, 5.41) is 7.21. The molecule has 1 heterocycles. The number of hydrogen-bond acceptors (Lipinski definition) is 4. The van der Waals surface area contributed by atoms with Crippen LogP contribution >= 0.6 is 24.0 Å². The highest BCUT2D eigenvalue weighted by Crippen LogP contribution is 2.22. The number of rotatable bonds is 5. The smallest absolute Gasteiger partial charge is 0.289 e. The molecule has 1 aromatic carbocycles. The fourth-order valence-electron chi connectivity index (χ4n) is 1.67. The van der Waals surface area contributed by atoms with E-state index in [9.17, 15) is 4.79 Å². The molecule has 0 saturated heterocycles. The third kappa shape index (κ3) is 5.04. The summed E-state index contributed by atoms with van der Waals surface area (Å²) in [7, 11) is 0. The van der Waals surface area contributed by atoms with E-state index >= 15 is 0 Å². The fourth-order valence-corrected chi connectivity index (χ4v) is 1.86. The van der Waals surface area contributed by atoms with Gasteiger partial charge >= 0.3 is 0 Å². The van der Waals surface area contributed by atoms with Gasteiger partial charge in [0.1, 0.15) is 5.69 Å². The maximum absolute atomic E-state index is 11.8. The fraction of sp³-hybridized carbons (Fsp3) is 0.286. The van der Waals surface area contributed by atoms with Gasteiger partial charge in [-0.2, -0.15) is 0 Å². The van der Waals surface area contributed by atoms with Crippen LogP contribution < -0.4 is 11.1 Å². The van der Waals surface area contributed by atoms with E-state index in [1.54, 1.807) is 18.2 Å². The van der Waals surface area contributed by atoms with E-state index in [-0.39, 0.29) is 30.1 Å². The molecule has 114 valence electrons. The summed E-state index contributed by atoms with van der Waals surface area (Å²) in [5.74, 6) is -0.129. The van der Waals surface area contributed by atoms with Crippen LogP contribution in [-0.2, 0) is 0 Å². The molecule has 2 aromatic rings. The lowest BCUT2D eigenvalue weighted by atomic mass is 10.1. The van der Waals surface area contributed by atoms with E-state index in [1.165, 1.54) is 0 Å². The summed E-state index contributed by atoms with van der Waals surface area (Å²) in [4.78, 5) is 11.8. The number of carbonyl (C=O) groups is 1. The summed E-state index contributed by atoms with van der Waals surface area (Å²) in [6.07, 6.45) is 0.709. The number of nitrogens with zero attached hydrogens (tertiary/aromatic N) is 1.